The Hall–Kier alpha value is -2.88. The third-order valence-electron chi connectivity index (χ3n) is 4.23. The minimum absolute atomic E-state index is 0.0332. The van der Waals surface area contributed by atoms with E-state index in [1.807, 2.05) is 56.6 Å². The molecule has 128 valence electrons. The minimum Gasteiger partial charge on any atom is -0.352 e. The first-order valence-electron chi connectivity index (χ1n) is 8.63. The van der Waals surface area contributed by atoms with Gasteiger partial charge in [-0.05, 0) is 24.6 Å². The summed E-state index contributed by atoms with van der Waals surface area (Å²) in [6.45, 7) is 2.62. The molecule has 2 heterocycles. The number of amides is 1. The Morgan fingerprint density at radius 1 is 1.20 bits per heavy atom. The number of aromatic nitrogens is 2. The van der Waals surface area contributed by atoms with Crippen LogP contribution in [0.5, 0.6) is 0 Å². The van der Waals surface area contributed by atoms with Crippen LogP contribution in [0.15, 0.2) is 60.9 Å². The highest BCUT2D eigenvalue weighted by atomic mass is 16.1. The molecule has 0 spiro atoms. The van der Waals surface area contributed by atoms with Crippen molar-refractivity contribution < 1.29 is 4.79 Å². The van der Waals surface area contributed by atoms with E-state index in [2.05, 4.69) is 27.0 Å². The van der Waals surface area contributed by atoms with Gasteiger partial charge >= 0.3 is 0 Å². The number of carbonyl (C=O) groups excluding carboxylic acids is 1. The summed E-state index contributed by atoms with van der Waals surface area (Å²) < 4.78 is 2.06. The maximum atomic E-state index is 12.8. The van der Waals surface area contributed by atoms with Crippen molar-refractivity contribution in [3.05, 3.63) is 72.2 Å². The quantitative estimate of drug-likeness (QED) is 0.699. The maximum absolute atomic E-state index is 12.8. The smallest absolute Gasteiger partial charge is 0.251 e. The van der Waals surface area contributed by atoms with E-state index in [0.29, 0.717) is 6.54 Å². The highest BCUT2D eigenvalue weighted by Gasteiger charge is 2.16. The summed E-state index contributed by atoms with van der Waals surface area (Å²) in [4.78, 5) is 17.1. The number of rotatable bonds is 6. The molecule has 25 heavy (non-hydrogen) atoms. The summed E-state index contributed by atoms with van der Waals surface area (Å²) in [6, 6.07) is 14.0. The first-order valence-corrected chi connectivity index (χ1v) is 8.63. The standard InChI is InChI=1S/C21H23N3O/c1-3-8-18(19-15-24(2)20-11-5-4-10-17(19)20)21(25)23-14-12-16-9-6-7-13-22-16/h4-11,13,15H,3,12,14H2,1-2H3,(H,23,25). The summed E-state index contributed by atoms with van der Waals surface area (Å²) in [7, 11) is 2.01. The van der Waals surface area contributed by atoms with Crippen LogP contribution in [0.1, 0.15) is 24.6 Å². The molecule has 0 aliphatic rings. The second-order valence-corrected chi connectivity index (χ2v) is 6.02. The van der Waals surface area contributed by atoms with Crippen LogP contribution in [-0.2, 0) is 18.3 Å². The lowest BCUT2D eigenvalue weighted by Crippen LogP contribution is -2.26. The van der Waals surface area contributed by atoms with E-state index in [9.17, 15) is 4.79 Å². The Morgan fingerprint density at radius 2 is 2.00 bits per heavy atom. The van der Waals surface area contributed by atoms with E-state index < -0.39 is 0 Å². The Bertz CT molecular complexity index is 894. The first kappa shape index (κ1) is 17.0. The summed E-state index contributed by atoms with van der Waals surface area (Å²) in [6.07, 6.45) is 7.34. The van der Waals surface area contributed by atoms with Crippen molar-refractivity contribution in [1.82, 2.24) is 14.9 Å². The van der Waals surface area contributed by atoms with Crippen LogP contribution in [-0.4, -0.2) is 22.0 Å². The molecule has 0 saturated heterocycles. The van der Waals surface area contributed by atoms with E-state index >= 15 is 0 Å². The fourth-order valence-electron chi connectivity index (χ4n) is 3.03. The molecule has 3 rings (SSSR count). The molecule has 4 nitrogen and oxygen atoms in total. The second-order valence-electron chi connectivity index (χ2n) is 6.02. The summed E-state index contributed by atoms with van der Waals surface area (Å²) in [5.41, 5.74) is 3.82. The fourth-order valence-corrected chi connectivity index (χ4v) is 3.03. The lowest BCUT2D eigenvalue weighted by Gasteiger charge is -2.08. The SMILES string of the molecule is CCC=C(C(=O)NCCc1ccccn1)c1cn(C)c2ccccc12. The third-order valence-corrected chi connectivity index (χ3v) is 4.23. The molecule has 4 heteroatoms. The van der Waals surface area contributed by atoms with Crippen LogP contribution in [0.25, 0.3) is 16.5 Å². The topological polar surface area (TPSA) is 46.9 Å². The van der Waals surface area contributed by atoms with E-state index in [0.717, 1.165) is 40.6 Å². The molecular weight excluding hydrogens is 310 g/mol. The zero-order valence-corrected chi connectivity index (χ0v) is 14.7. The molecule has 0 aliphatic heterocycles. The normalized spacial score (nSPS) is 11.7. The van der Waals surface area contributed by atoms with Gasteiger partial charge in [0, 0.05) is 60.1 Å². The zero-order valence-electron chi connectivity index (χ0n) is 14.7. The third kappa shape index (κ3) is 3.79. The summed E-state index contributed by atoms with van der Waals surface area (Å²) in [5.74, 6) is -0.0332. The van der Waals surface area contributed by atoms with Crippen LogP contribution in [0.2, 0.25) is 0 Å². The number of aryl methyl sites for hydroxylation is 1. The maximum Gasteiger partial charge on any atom is 0.251 e. The average Bonchev–Trinajstić information content (AvgIpc) is 2.97. The van der Waals surface area contributed by atoms with E-state index in [1.165, 1.54) is 0 Å². The van der Waals surface area contributed by atoms with Gasteiger partial charge in [-0.25, -0.2) is 0 Å². The molecule has 0 radical (unpaired) electrons. The van der Waals surface area contributed by atoms with Gasteiger partial charge in [-0.2, -0.15) is 0 Å². The van der Waals surface area contributed by atoms with Crippen molar-refractivity contribution in [2.45, 2.75) is 19.8 Å². The van der Waals surface area contributed by atoms with E-state index in [1.54, 1.807) is 6.20 Å². The van der Waals surface area contributed by atoms with Crippen LogP contribution in [0, 0.1) is 0 Å². The van der Waals surface area contributed by atoms with Gasteiger partial charge < -0.3 is 9.88 Å². The second kappa shape index (κ2) is 7.79. The number of para-hydroxylation sites is 1. The molecule has 0 saturated carbocycles. The summed E-state index contributed by atoms with van der Waals surface area (Å²) >= 11 is 0. The molecule has 0 atom stereocenters. The van der Waals surface area contributed by atoms with Gasteiger partial charge in [-0.15, -0.1) is 0 Å². The van der Waals surface area contributed by atoms with Gasteiger partial charge in [-0.3, -0.25) is 9.78 Å². The van der Waals surface area contributed by atoms with Gasteiger partial charge in [0.15, 0.2) is 0 Å². The highest BCUT2D eigenvalue weighted by molar-refractivity contribution is 6.22. The number of nitrogens with zero attached hydrogens (tertiary/aromatic N) is 2. The number of fused-ring (bicyclic) bond motifs is 1. The predicted molar refractivity (Wildman–Crippen MR) is 102 cm³/mol. The van der Waals surface area contributed by atoms with Gasteiger partial charge in [-0.1, -0.05) is 37.3 Å². The average molecular weight is 333 g/mol. The molecule has 3 aromatic rings. The lowest BCUT2D eigenvalue weighted by molar-refractivity contribution is -0.115. The molecule has 1 amide bonds. The van der Waals surface area contributed by atoms with Crippen molar-refractivity contribution in [2.75, 3.05) is 6.54 Å². The van der Waals surface area contributed by atoms with Crippen LogP contribution in [0.3, 0.4) is 0 Å². The van der Waals surface area contributed by atoms with E-state index in [-0.39, 0.29) is 5.91 Å². The number of hydrogen-bond acceptors (Lipinski definition) is 2. The van der Waals surface area contributed by atoms with Gasteiger partial charge in [0.1, 0.15) is 0 Å². The number of nitrogens with one attached hydrogen (secondary N) is 1. The summed E-state index contributed by atoms with van der Waals surface area (Å²) in [5, 5.41) is 4.13. The van der Waals surface area contributed by atoms with Crippen molar-refractivity contribution in [1.29, 1.82) is 0 Å². The fraction of sp³-hybridized carbons (Fsp3) is 0.238. The Kier molecular flexibility index (Phi) is 5.29. The van der Waals surface area contributed by atoms with Crippen molar-refractivity contribution in [3.63, 3.8) is 0 Å². The van der Waals surface area contributed by atoms with Crippen molar-refractivity contribution in [2.24, 2.45) is 7.05 Å². The Labute approximate surface area is 148 Å². The van der Waals surface area contributed by atoms with Crippen LogP contribution < -0.4 is 5.32 Å². The molecule has 0 unspecified atom stereocenters. The number of hydrogen-bond donors (Lipinski definition) is 1. The predicted octanol–water partition coefficient (Wildman–Crippen LogP) is 3.73. The van der Waals surface area contributed by atoms with Crippen LogP contribution >= 0.6 is 0 Å². The highest BCUT2D eigenvalue weighted by Crippen LogP contribution is 2.27. The Balaban J connectivity index is 1.78. The van der Waals surface area contributed by atoms with Gasteiger partial charge in [0.05, 0.1) is 0 Å². The molecule has 1 aromatic carbocycles. The number of carbonyl (C=O) groups is 1. The molecular formula is C21H23N3O. The monoisotopic (exact) mass is 333 g/mol. The molecule has 2 aromatic heterocycles. The molecule has 0 fully saturated rings. The number of allylic oxidation sites excluding steroid dienone is 1. The first-order chi connectivity index (χ1) is 12.2. The van der Waals surface area contributed by atoms with Gasteiger partial charge in [0.2, 0.25) is 0 Å². The largest absolute Gasteiger partial charge is 0.352 e. The number of benzene rings is 1. The number of pyridine rings is 1. The van der Waals surface area contributed by atoms with E-state index in [4.69, 9.17) is 0 Å². The van der Waals surface area contributed by atoms with Gasteiger partial charge in [0.25, 0.3) is 5.91 Å². The molecule has 0 aliphatic carbocycles. The minimum atomic E-state index is -0.0332. The Morgan fingerprint density at radius 3 is 2.76 bits per heavy atom. The molecule has 1 N–H and O–H groups in total. The van der Waals surface area contributed by atoms with Crippen molar-refractivity contribution in [3.8, 4) is 0 Å². The van der Waals surface area contributed by atoms with Crippen LogP contribution in [0.4, 0.5) is 0 Å². The lowest BCUT2D eigenvalue weighted by atomic mass is 10.0. The van der Waals surface area contributed by atoms with Crippen molar-refractivity contribution >= 4 is 22.4 Å². The zero-order chi connectivity index (χ0) is 17.6. The molecule has 0 bridgehead atoms.